The number of nitrogen functional groups attached to an aromatic ring is 1. The number of hydrogen-bond acceptors (Lipinski definition) is 6. The second kappa shape index (κ2) is 5.50. The Labute approximate surface area is 112 Å². The molecule has 0 radical (unpaired) electrons. The van der Waals surface area contributed by atoms with Gasteiger partial charge in [0.2, 0.25) is 5.13 Å². The van der Waals surface area contributed by atoms with Gasteiger partial charge in [-0.3, -0.25) is 9.80 Å². The molecule has 18 heavy (non-hydrogen) atoms. The number of aromatic nitrogens is 2. The maximum Gasteiger partial charge on any atom is 0.203 e. The van der Waals surface area contributed by atoms with E-state index in [0.717, 1.165) is 30.7 Å². The topological polar surface area (TPSA) is 58.3 Å². The van der Waals surface area contributed by atoms with Crippen LogP contribution in [-0.2, 0) is 6.54 Å². The third kappa shape index (κ3) is 2.81. The Morgan fingerprint density at radius 3 is 2.44 bits per heavy atom. The fraction of sp³-hybridized carbons (Fsp3) is 0.833. The SMILES string of the molecule is Nc1nnc(CN2CCN(C3CCCC3)CC2)s1. The van der Waals surface area contributed by atoms with Crippen LogP contribution in [0.4, 0.5) is 5.13 Å². The first-order chi connectivity index (χ1) is 8.81. The van der Waals surface area contributed by atoms with Crippen molar-refractivity contribution in [1.29, 1.82) is 0 Å². The Bertz CT molecular complexity index is 380. The monoisotopic (exact) mass is 267 g/mol. The molecule has 100 valence electrons. The highest BCUT2D eigenvalue weighted by Crippen LogP contribution is 2.24. The fourth-order valence-electron chi connectivity index (χ4n) is 3.08. The van der Waals surface area contributed by atoms with E-state index in [2.05, 4.69) is 20.0 Å². The summed E-state index contributed by atoms with van der Waals surface area (Å²) in [5.41, 5.74) is 5.61. The molecule has 0 atom stereocenters. The van der Waals surface area contributed by atoms with Gasteiger partial charge in [0.15, 0.2) is 0 Å². The normalized spacial score (nSPS) is 23.8. The van der Waals surface area contributed by atoms with Gasteiger partial charge in [0.25, 0.3) is 0 Å². The largest absolute Gasteiger partial charge is 0.374 e. The molecule has 2 aliphatic rings. The number of rotatable bonds is 3. The lowest BCUT2D eigenvalue weighted by atomic mass is 10.2. The summed E-state index contributed by atoms with van der Waals surface area (Å²) in [6.07, 6.45) is 5.67. The van der Waals surface area contributed by atoms with E-state index in [0.29, 0.717) is 5.13 Å². The molecule has 2 N–H and O–H groups in total. The predicted octanol–water partition coefficient (Wildman–Crippen LogP) is 1.18. The first-order valence-electron chi connectivity index (χ1n) is 6.85. The third-order valence-electron chi connectivity index (χ3n) is 4.09. The van der Waals surface area contributed by atoms with E-state index in [9.17, 15) is 0 Å². The van der Waals surface area contributed by atoms with E-state index < -0.39 is 0 Å². The van der Waals surface area contributed by atoms with Gasteiger partial charge in [-0.05, 0) is 12.8 Å². The van der Waals surface area contributed by atoms with Crippen LogP contribution >= 0.6 is 11.3 Å². The first kappa shape index (κ1) is 12.3. The molecule has 0 bridgehead atoms. The van der Waals surface area contributed by atoms with Gasteiger partial charge in [-0.15, -0.1) is 10.2 Å². The highest BCUT2D eigenvalue weighted by Gasteiger charge is 2.26. The Morgan fingerprint density at radius 1 is 1.11 bits per heavy atom. The molecular weight excluding hydrogens is 246 g/mol. The molecule has 1 saturated heterocycles. The van der Waals surface area contributed by atoms with E-state index in [-0.39, 0.29) is 0 Å². The molecular formula is C12H21N5S. The van der Waals surface area contributed by atoms with Crippen LogP contribution in [0.15, 0.2) is 0 Å². The Kier molecular flexibility index (Phi) is 3.77. The summed E-state index contributed by atoms with van der Waals surface area (Å²) >= 11 is 1.51. The summed E-state index contributed by atoms with van der Waals surface area (Å²) in [5, 5.41) is 9.59. The first-order valence-corrected chi connectivity index (χ1v) is 7.67. The van der Waals surface area contributed by atoms with Crippen molar-refractivity contribution in [2.45, 2.75) is 38.3 Å². The fourth-order valence-corrected chi connectivity index (χ4v) is 3.73. The van der Waals surface area contributed by atoms with Crippen molar-refractivity contribution in [3.63, 3.8) is 0 Å². The minimum Gasteiger partial charge on any atom is -0.374 e. The van der Waals surface area contributed by atoms with Gasteiger partial charge in [-0.2, -0.15) is 0 Å². The van der Waals surface area contributed by atoms with Gasteiger partial charge in [0.05, 0.1) is 6.54 Å². The highest BCUT2D eigenvalue weighted by atomic mass is 32.1. The van der Waals surface area contributed by atoms with Crippen molar-refractivity contribution in [1.82, 2.24) is 20.0 Å². The summed E-state index contributed by atoms with van der Waals surface area (Å²) in [4.78, 5) is 5.14. The van der Waals surface area contributed by atoms with Gasteiger partial charge in [-0.1, -0.05) is 24.2 Å². The van der Waals surface area contributed by atoms with E-state index >= 15 is 0 Å². The van der Waals surface area contributed by atoms with Crippen molar-refractivity contribution in [2.75, 3.05) is 31.9 Å². The summed E-state index contributed by atoms with van der Waals surface area (Å²) < 4.78 is 0. The molecule has 1 aromatic rings. The Balaban J connectivity index is 1.47. The average Bonchev–Trinajstić information content (AvgIpc) is 3.02. The quantitative estimate of drug-likeness (QED) is 0.891. The van der Waals surface area contributed by atoms with Crippen LogP contribution < -0.4 is 5.73 Å². The van der Waals surface area contributed by atoms with E-state index in [4.69, 9.17) is 5.73 Å². The smallest absolute Gasteiger partial charge is 0.203 e. The van der Waals surface area contributed by atoms with Crippen LogP contribution in [0.2, 0.25) is 0 Å². The van der Waals surface area contributed by atoms with Gasteiger partial charge >= 0.3 is 0 Å². The minimum atomic E-state index is 0.578. The highest BCUT2D eigenvalue weighted by molar-refractivity contribution is 7.15. The lowest BCUT2D eigenvalue weighted by molar-refractivity contribution is 0.0935. The van der Waals surface area contributed by atoms with Crippen LogP contribution in [0, 0.1) is 0 Å². The lowest BCUT2D eigenvalue weighted by Crippen LogP contribution is -2.49. The summed E-state index contributed by atoms with van der Waals surface area (Å²) in [5.74, 6) is 0. The molecule has 6 heteroatoms. The molecule has 5 nitrogen and oxygen atoms in total. The molecule has 2 fully saturated rings. The van der Waals surface area contributed by atoms with Gasteiger partial charge in [-0.25, -0.2) is 0 Å². The van der Waals surface area contributed by atoms with Crippen molar-refractivity contribution in [3.8, 4) is 0 Å². The number of piperazine rings is 1. The van der Waals surface area contributed by atoms with Crippen LogP contribution in [0.3, 0.4) is 0 Å². The molecule has 2 heterocycles. The predicted molar refractivity (Wildman–Crippen MR) is 73.4 cm³/mol. The zero-order valence-electron chi connectivity index (χ0n) is 10.7. The summed E-state index contributed by atoms with van der Waals surface area (Å²) in [7, 11) is 0. The summed E-state index contributed by atoms with van der Waals surface area (Å²) in [6.45, 7) is 5.62. The number of hydrogen-bond donors (Lipinski definition) is 1. The van der Waals surface area contributed by atoms with Gasteiger partial charge < -0.3 is 5.73 Å². The molecule has 1 saturated carbocycles. The van der Waals surface area contributed by atoms with Crippen molar-refractivity contribution in [2.24, 2.45) is 0 Å². The third-order valence-corrected chi connectivity index (χ3v) is 4.83. The summed E-state index contributed by atoms with van der Waals surface area (Å²) in [6, 6.07) is 0.865. The van der Waals surface area contributed by atoms with Crippen molar-refractivity contribution >= 4 is 16.5 Å². The second-order valence-electron chi connectivity index (χ2n) is 5.28. The number of nitrogens with two attached hydrogens (primary N) is 1. The molecule has 0 aromatic carbocycles. The van der Waals surface area contributed by atoms with E-state index in [1.807, 2.05) is 0 Å². The Morgan fingerprint density at radius 2 is 1.83 bits per heavy atom. The van der Waals surface area contributed by atoms with Gasteiger partial charge in [0, 0.05) is 32.2 Å². The average molecular weight is 267 g/mol. The molecule has 1 aromatic heterocycles. The van der Waals surface area contributed by atoms with Crippen LogP contribution in [0.1, 0.15) is 30.7 Å². The van der Waals surface area contributed by atoms with E-state index in [1.54, 1.807) is 0 Å². The van der Waals surface area contributed by atoms with Gasteiger partial charge in [0.1, 0.15) is 5.01 Å². The van der Waals surface area contributed by atoms with Crippen molar-refractivity contribution in [3.05, 3.63) is 5.01 Å². The van der Waals surface area contributed by atoms with Crippen LogP contribution in [0.5, 0.6) is 0 Å². The molecule has 3 rings (SSSR count). The zero-order valence-corrected chi connectivity index (χ0v) is 11.5. The molecule has 0 spiro atoms. The molecule has 0 unspecified atom stereocenters. The maximum atomic E-state index is 5.61. The standard InChI is InChI=1S/C12H21N5S/c13-12-15-14-11(18-12)9-16-5-7-17(8-6-16)10-3-1-2-4-10/h10H,1-9H2,(H2,13,15). The van der Waals surface area contributed by atoms with Crippen LogP contribution in [-0.4, -0.2) is 52.2 Å². The van der Waals surface area contributed by atoms with E-state index in [1.165, 1.54) is 50.1 Å². The minimum absolute atomic E-state index is 0.578. The molecule has 1 aliphatic heterocycles. The zero-order chi connectivity index (χ0) is 12.4. The Hall–Kier alpha value is -0.720. The lowest BCUT2D eigenvalue weighted by Gasteiger charge is -2.37. The van der Waals surface area contributed by atoms with Crippen LogP contribution in [0.25, 0.3) is 0 Å². The van der Waals surface area contributed by atoms with Crippen molar-refractivity contribution < 1.29 is 0 Å². The number of anilines is 1. The molecule has 1 aliphatic carbocycles. The number of nitrogens with zero attached hydrogens (tertiary/aromatic N) is 4. The maximum absolute atomic E-state index is 5.61. The second-order valence-corrected chi connectivity index (χ2v) is 6.38. The molecule has 0 amide bonds.